The summed E-state index contributed by atoms with van der Waals surface area (Å²) < 4.78 is 0. The zero-order valence-corrected chi connectivity index (χ0v) is 17.2. The lowest BCUT2D eigenvalue weighted by atomic mass is 10.1. The number of imide groups is 1. The van der Waals surface area contributed by atoms with Gasteiger partial charge in [0.2, 0.25) is 0 Å². The van der Waals surface area contributed by atoms with E-state index in [1.54, 1.807) is 11.9 Å². The maximum atomic E-state index is 13.4. The number of guanidine groups is 1. The van der Waals surface area contributed by atoms with Crippen LogP contribution in [0.5, 0.6) is 0 Å². The SMILES string of the molecule is Cc1ccc(CN2CCN3C2=NC2C3C(=O)N(Cc3ccccc3)C(=O)N2C)cc1. The number of likely N-dealkylation sites (N-methyl/N-ethyl adjacent to an activating group) is 1. The number of benzene rings is 2. The number of nitrogens with zero attached hydrogens (tertiary/aromatic N) is 5. The third kappa shape index (κ3) is 3.01. The predicted octanol–water partition coefficient (Wildman–Crippen LogP) is 2.27. The van der Waals surface area contributed by atoms with E-state index in [9.17, 15) is 9.59 Å². The highest BCUT2D eigenvalue weighted by Crippen LogP contribution is 2.32. The molecule has 0 N–H and O–H groups in total. The normalized spacial score (nSPS) is 23.1. The van der Waals surface area contributed by atoms with Gasteiger partial charge < -0.3 is 14.7 Å². The molecule has 0 saturated carbocycles. The summed E-state index contributed by atoms with van der Waals surface area (Å²) in [6.45, 7) is 4.65. The molecule has 3 aliphatic rings. The van der Waals surface area contributed by atoms with Crippen LogP contribution in [0.3, 0.4) is 0 Å². The van der Waals surface area contributed by atoms with E-state index in [1.807, 2.05) is 30.3 Å². The summed E-state index contributed by atoms with van der Waals surface area (Å²) in [6.07, 6.45) is -0.465. The van der Waals surface area contributed by atoms with Crippen molar-refractivity contribution < 1.29 is 9.59 Å². The van der Waals surface area contributed by atoms with Crippen molar-refractivity contribution in [1.29, 1.82) is 0 Å². The molecule has 2 atom stereocenters. The molecular weight excluding hydrogens is 378 g/mol. The van der Waals surface area contributed by atoms with Crippen LogP contribution in [0, 0.1) is 6.92 Å². The van der Waals surface area contributed by atoms with Crippen LogP contribution in [0.25, 0.3) is 0 Å². The average molecular weight is 403 g/mol. The van der Waals surface area contributed by atoms with Crippen molar-refractivity contribution in [2.45, 2.75) is 32.2 Å². The van der Waals surface area contributed by atoms with Crippen molar-refractivity contribution in [1.82, 2.24) is 19.6 Å². The summed E-state index contributed by atoms with van der Waals surface area (Å²) in [7, 11) is 1.74. The van der Waals surface area contributed by atoms with Gasteiger partial charge >= 0.3 is 6.03 Å². The van der Waals surface area contributed by atoms with Gasteiger partial charge in [-0.25, -0.2) is 9.79 Å². The number of hydrogen-bond acceptors (Lipinski definition) is 5. The van der Waals surface area contributed by atoms with E-state index in [0.717, 1.165) is 31.2 Å². The third-order valence-corrected chi connectivity index (χ3v) is 6.14. The van der Waals surface area contributed by atoms with Crippen LogP contribution >= 0.6 is 0 Å². The van der Waals surface area contributed by atoms with Crippen LogP contribution in [0.2, 0.25) is 0 Å². The zero-order valence-electron chi connectivity index (χ0n) is 17.2. The smallest absolute Gasteiger partial charge is 0.328 e. The molecule has 0 aliphatic carbocycles. The minimum absolute atomic E-state index is 0.164. The Morgan fingerprint density at radius 1 is 0.933 bits per heavy atom. The van der Waals surface area contributed by atoms with Gasteiger partial charge in [-0.15, -0.1) is 0 Å². The molecule has 7 nitrogen and oxygen atoms in total. The Morgan fingerprint density at radius 2 is 1.63 bits per heavy atom. The van der Waals surface area contributed by atoms with E-state index in [2.05, 4.69) is 41.0 Å². The number of carbonyl (C=O) groups excluding carboxylic acids is 2. The molecule has 2 unspecified atom stereocenters. The van der Waals surface area contributed by atoms with Gasteiger partial charge in [0, 0.05) is 26.7 Å². The van der Waals surface area contributed by atoms with Gasteiger partial charge in [-0.05, 0) is 18.1 Å². The van der Waals surface area contributed by atoms with E-state index >= 15 is 0 Å². The largest absolute Gasteiger partial charge is 0.337 e. The van der Waals surface area contributed by atoms with Gasteiger partial charge in [0.05, 0.1) is 6.54 Å². The average Bonchev–Trinajstić information content (AvgIpc) is 3.32. The predicted molar refractivity (Wildman–Crippen MR) is 113 cm³/mol. The van der Waals surface area contributed by atoms with E-state index in [-0.39, 0.29) is 18.5 Å². The van der Waals surface area contributed by atoms with Crippen molar-refractivity contribution in [3.05, 3.63) is 71.3 Å². The molecule has 0 bridgehead atoms. The molecule has 7 heteroatoms. The van der Waals surface area contributed by atoms with E-state index in [1.165, 1.54) is 16.0 Å². The Hall–Kier alpha value is -3.35. The summed E-state index contributed by atoms with van der Waals surface area (Å²) >= 11 is 0. The van der Waals surface area contributed by atoms with Gasteiger partial charge in [-0.3, -0.25) is 9.69 Å². The van der Waals surface area contributed by atoms with Crippen LogP contribution in [0.15, 0.2) is 59.6 Å². The molecule has 154 valence electrons. The molecule has 2 fully saturated rings. The van der Waals surface area contributed by atoms with Crippen molar-refractivity contribution >= 4 is 17.9 Å². The fourth-order valence-electron chi connectivity index (χ4n) is 4.47. The summed E-state index contributed by atoms with van der Waals surface area (Å²) in [5.41, 5.74) is 3.38. The van der Waals surface area contributed by atoms with E-state index in [4.69, 9.17) is 4.99 Å². The molecule has 2 aromatic rings. The fourth-order valence-corrected chi connectivity index (χ4v) is 4.47. The van der Waals surface area contributed by atoms with Crippen molar-refractivity contribution in [3.63, 3.8) is 0 Å². The van der Waals surface area contributed by atoms with Crippen LogP contribution in [0.1, 0.15) is 16.7 Å². The Balaban J connectivity index is 1.38. The Kier molecular flexibility index (Phi) is 4.46. The third-order valence-electron chi connectivity index (χ3n) is 6.14. The van der Waals surface area contributed by atoms with Crippen molar-refractivity contribution in [2.24, 2.45) is 4.99 Å². The molecule has 2 saturated heterocycles. The number of hydrogen-bond donors (Lipinski definition) is 0. The fraction of sp³-hybridized carbons (Fsp3) is 0.348. The first-order valence-corrected chi connectivity index (χ1v) is 10.3. The van der Waals surface area contributed by atoms with E-state index in [0.29, 0.717) is 0 Å². The molecule has 3 aliphatic heterocycles. The Morgan fingerprint density at radius 3 is 2.37 bits per heavy atom. The van der Waals surface area contributed by atoms with Gasteiger partial charge in [-0.2, -0.15) is 0 Å². The topological polar surface area (TPSA) is 59.5 Å². The maximum Gasteiger partial charge on any atom is 0.328 e. The Bertz CT molecular complexity index is 1000. The highest BCUT2D eigenvalue weighted by molar-refractivity contribution is 6.04. The standard InChI is InChI=1S/C23H25N5O2/c1-16-8-10-18(11-9-16)14-26-12-13-27-19-20(24-22(26)27)25(2)23(30)28(21(19)29)15-17-6-4-3-5-7-17/h3-11,19-20H,12-15H2,1-2H3. The quantitative estimate of drug-likeness (QED) is 0.786. The molecule has 30 heavy (non-hydrogen) atoms. The number of aryl methyl sites for hydroxylation is 1. The van der Waals surface area contributed by atoms with Gasteiger partial charge in [-0.1, -0.05) is 60.2 Å². The summed E-state index contributed by atoms with van der Waals surface area (Å²) in [4.78, 5) is 38.3. The second-order valence-electron chi connectivity index (χ2n) is 8.19. The lowest BCUT2D eigenvalue weighted by Crippen LogP contribution is -2.64. The molecule has 2 aromatic carbocycles. The maximum absolute atomic E-state index is 13.4. The molecule has 0 radical (unpaired) electrons. The first kappa shape index (κ1) is 18.7. The molecule has 0 spiro atoms. The number of urea groups is 1. The molecule has 3 heterocycles. The molecular formula is C23H25N5O2. The lowest BCUT2D eigenvalue weighted by Gasteiger charge is -2.40. The minimum Gasteiger partial charge on any atom is -0.337 e. The summed E-state index contributed by atoms with van der Waals surface area (Å²) in [5, 5.41) is 0. The monoisotopic (exact) mass is 403 g/mol. The number of amides is 3. The first-order chi connectivity index (χ1) is 14.5. The van der Waals surface area contributed by atoms with Crippen LogP contribution in [-0.4, -0.2) is 69.8 Å². The first-order valence-electron chi connectivity index (χ1n) is 10.3. The minimum atomic E-state index is -0.465. The molecule has 5 rings (SSSR count). The van der Waals surface area contributed by atoms with E-state index < -0.39 is 12.2 Å². The summed E-state index contributed by atoms with van der Waals surface area (Å²) in [5.74, 6) is 0.656. The van der Waals surface area contributed by atoms with Crippen LogP contribution in [-0.2, 0) is 17.9 Å². The molecule has 3 amide bonds. The zero-order chi connectivity index (χ0) is 20.8. The second-order valence-corrected chi connectivity index (χ2v) is 8.19. The second kappa shape index (κ2) is 7.16. The van der Waals surface area contributed by atoms with Gasteiger partial charge in [0.1, 0.15) is 0 Å². The van der Waals surface area contributed by atoms with Crippen molar-refractivity contribution in [2.75, 3.05) is 20.1 Å². The van der Waals surface area contributed by atoms with Crippen molar-refractivity contribution in [3.8, 4) is 0 Å². The van der Waals surface area contributed by atoms with Gasteiger partial charge in [0.25, 0.3) is 5.91 Å². The number of aliphatic imine (C=N–C) groups is 1. The number of carbonyl (C=O) groups is 2. The lowest BCUT2D eigenvalue weighted by molar-refractivity contribution is -0.137. The highest BCUT2D eigenvalue weighted by atomic mass is 16.2. The molecule has 0 aromatic heterocycles. The highest BCUT2D eigenvalue weighted by Gasteiger charge is 2.54. The number of fused-ring (bicyclic) bond motifs is 3. The Labute approximate surface area is 176 Å². The van der Waals surface area contributed by atoms with Gasteiger partial charge in [0.15, 0.2) is 18.2 Å². The number of rotatable bonds is 4. The van der Waals surface area contributed by atoms with Crippen LogP contribution in [0.4, 0.5) is 4.79 Å². The summed E-state index contributed by atoms with van der Waals surface area (Å²) in [6, 6.07) is 17.4. The van der Waals surface area contributed by atoms with Crippen LogP contribution < -0.4 is 0 Å².